The lowest BCUT2D eigenvalue weighted by molar-refractivity contribution is -0.123. The number of aliphatic hydroxyl groups is 1. The van der Waals surface area contributed by atoms with Crippen molar-refractivity contribution in [2.24, 2.45) is 5.73 Å². The first-order valence-electron chi connectivity index (χ1n) is 21.5. The molecule has 0 radical (unpaired) electrons. The summed E-state index contributed by atoms with van der Waals surface area (Å²) < 4.78 is 22.2. The van der Waals surface area contributed by atoms with Gasteiger partial charge < -0.3 is 21.1 Å². The van der Waals surface area contributed by atoms with Crippen molar-refractivity contribution >= 4 is 13.7 Å². The summed E-state index contributed by atoms with van der Waals surface area (Å²) in [5, 5.41) is 13.8. The molecule has 302 valence electrons. The van der Waals surface area contributed by atoms with E-state index >= 15 is 0 Å². The quantitative estimate of drug-likeness (QED) is 0.0279. The lowest BCUT2D eigenvalue weighted by Crippen LogP contribution is -2.46. The predicted octanol–water partition coefficient (Wildman–Crippen LogP) is 11.8. The van der Waals surface area contributed by atoms with Gasteiger partial charge >= 0.3 is 7.82 Å². The summed E-state index contributed by atoms with van der Waals surface area (Å²) >= 11 is 0. The molecule has 0 bridgehead atoms. The Labute approximate surface area is 315 Å². The molecule has 0 aromatic carbocycles. The van der Waals surface area contributed by atoms with Crippen LogP contribution in [-0.2, 0) is 18.4 Å². The van der Waals surface area contributed by atoms with Gasteiger partial charge in [0, 0.05) is 13.0 Å². The van der Waals surface area contributed by atoms with E-state index in [9.17, 15) is 19.4 Å². The minimum atomic E-state index is -4.31. The molecule has 1 amide bonds. The topological polar surface area (TPSA) is 131 Å². The van der Waals surface area contributed by atoms with E-state index in [0.29, 0.717) is 12.8 Å². The van der Waals surface area contributed by atoms with Crippen LogP contribution in [0.25, 0.3) is 0 Å². The van der Waals surface area contributed by atoms with Crippen molar-refractivity contribution in [2.75, 3.05) is 19.8 Å². The predicted molar refractivity (Wildman–Crippen MR) is 217 cm³/mol. The Bertz CT molecular complexity index is 855. The Morgan fingerprint density at radius 3 is 1.63 bits per heavy atom. The van der Waals surface area contributed by atoms with E-state index in [4.69, 9.17) is 14.8 Å². The first kappa shape index (κ1) is 50.0. The molecule has 3 unspecified atom stereocenters. The minimum Gasteiger partial charge on any atom is -0.391 e. The van der Waals surface area contributed by atoms with Gasteiger partial charge in [0.15, 0.2) is 0 Å². The molecular formula is C42H83N2O6P. The first-order chi connectivity index (χ1) is 24.9. The van der Waals surface area contributed by atoms with Crippen molar-refractivity contribution in [3.63, 3.8) is 0 Å². The number of hydrogen-bond acceptors (Lipinski definition) is 6. The normalized spacial score (nSPS) is 14.4. The van der Waals surface area contributed by atoms with Gasteiger partial charge in [-0.15, -0.1) is 0 Å². The number of phosphoric ester groups is 1. The number of amides is 1. The maximum Gasteiger partial charge on any atom is 0.472 e. The average molecular weight is 743 g/mol. The Morgan fingerprint density at radius 2 is 1.12 bits per heavy atom. The maximum absolute atomic E-state index is 12.7. The van der Waals surface area contributed by atoms with E-state index in [0.717, 1.165) is 70.6 Å². The fraction of sp³-hybridized carbons (Fsp3) is 0.881. The SMILES string of the molecule is CCC/C=C\C/C=C\CCCCCCCC(=O)NC(COP(=O)(O)OCCN)C(O)CCCCCCCCCCCCCCCCCCCCC. The number of rotatable bonds is 40. The van der Waals surface area contributed by atoms with Crippen LogP contribution in [0, 0.1) is 0 Å². The standard InChI is InChI=1S/C42H83N2O6P/c1-3-5-7-9-11-13-15-17-18-19-20-21-22-24-25-27-29-31-33-35-41(45)40(39-50-51(47,48)49-38-37-43)44-42(46)36-34-32-30-28-26-23-16-14-12-10-8-6-4-2/h8,10,14,16,40-41,45H,3-7,9,11-13,15,17-39,43H2,1-2H3,(H,44,46)(H,47,48)/b10-8-,16-14-. The van der Waals surface area contributed by atoms with Gasteiger partial charge in [0.05, 0.1) is 25.4 Å². The molecule has 0 heterocycles. The molecule has 8 nitrogen and oxygen atoms in total. The maximum atomic E-state index is 12.7. The van der Waals surface area contributed by atoms with Crippen molar-refractivity contribution in [3.05, 3.63) is 24.3 Å². The molecule has 0 aliphatic rings. The zero-order valence-electron chi connectivity index (χ0n) is 33.4. The van der Waals surface area contributed by atoms with Gasteiger partial charge in [-0.25, -0.2) is 4.57 Å². The zero-order chi connectivity index (χ0) is 37.5. The minimum absolute atomic E-state index is 0.0868. The van der Waals surface area contributed by atoms with Gasteiger partial charge in [0.25, 0.3) is 0 Å². The number of phosphoric acid groups is 1. The summed E-state index contributed by atoms with van der Waals surface area (Å²) in [5.74, 6) is -0.175. The number of unbranched alkanes of at least 4 members (excludes halogenated alkanes) is 24. The molecule has 0 aromatic heterocycles. The van der Waals surface area contributed by atoms with Crippen molar-refractivity contribution in [2.45, 2.75) is 219 Å². The molecule has 51 heavy (non-hydrogen) atoms. The molecule has 0 spiro atoms. The van der Waals surface area contributed by atoms with E-state index in [1.165, 1.54) is 109 Å². The van der Waals surface area contributed by atoms with Crippen LogP contribution in [-0.4, -0.2) is 47.8 Å². The first-order valence-corrected chi connectivity index (χ1v) is 22.9. The smallest absolute Gasteiger partial charge is 0.391 e. The summed E-state index contributed by atoms with van der Waals surface area (Å²) in [7, 11) is -4.31. The number of hydrogen-bond donors (Lipinski definition) is 4. The van der Waals surface area contributed by atoms with E-state index in [1.54, 1.807) is 0 Å². The van der Waals surface area contributed by atoms with Crippen LogP contribution >= 0.6 is 7.82 Å². The summed E-state index contributed by atoms with van der Waals surface area (Å²) in [4.78, 5) is 22.7. The van der Waals surface area contributed by atoms with Gasteiger partial charge in [-0.3, -0.25) is 13.8 Å². The third-order valence-corrected chi connectivity index (χ3v) is 10.5. The van der Waals surface area contributed by atoms with Crippen LogP contribution in [0.3, 0.4) is 0 Å². The second-order valence-corrected chi connectivity index (χ2v) is 16.0. The third kappa shape index (κ3) is 37.1. The van der Waals surface area contributed by atoms with Gasteiger partial charge in [-0.1, -0.05) is 186 Å². The van der Waals surface area contributed by atoms with Crippen molar-refractivity contribution in [1.82, 2.24) is 5.32 Å². The molecule has 0 aliphatic heterocycles. The lowest BCUT2D eigenvalue weighted by Gasteiger charge is -2.25. The second-order valence-electron chi connectivity index (χ2n) is 14.6. The summed E-state index contributed by atoms with van der Waals surface area (Å²) in [6.07, 6.45) is 43.3. The summed E-state index contributed by atoms with van der Waals surface area (Å²) in [5.41, 5.74) is 5.37. The average Bonchev–Trinajstić information content (AvgIpc) is 3.12. The Kier molecular flexibility index (Phi) is 37.9. The number of carbonyl (C=O) groups excluding carboxylic acids is 1. The van der Waals surface area contributed by atoms with E-state index in [-0.39, 0.29) is 25.7 Å². The van der Waals surface area contributed by atoms with Crippen LogP contribution in [0.15, 0.2) is 24.3 Å². The highest BCUT2D eigenvalue weighted by Gasteiger charge is 2.27. The zero-order valence-corrected chi connectivity index (χ0v) is 34.2. The summed E-state index contributed by atoms with van der Waals surface area (Å²) in [6.45, 7) is 4.14. The third-order valence-electron chi connectivity index (χ3n) is 9.54. The number of carbonyl (C=O) groups is 1. The molecular weight excluding hydrogens is 659 g/mol. The molecule has 0 saturated heterocycles. The van der Waals surface area contributed by atoms with Crippen LogP contribution < -0.4 is 11.1 Å². The fourth-order valence-electron chi connectivity index (χ4n) is 6.29. The number of aliphatic hydroxyl groups excluding tert-OH is 1. The highest BCUT2D eigenvalue weighted by atomic mass is 31.2. The van der Waals surface area contributed by atoms with Crippen LogP contribution in [0.5, 0.6) is 0 Å². The fourth-order valence-corrected chi connectivity index (χ4v) is 7.05. The molecule has 0 fully saturated rings. The van der Waals surface area contributed by atoms with Gasteiger partial charge in [0.1, 0.15) is 0 Å². The largest absolute Gasteiger partial charge is 0.472 e. The Balaban J connectivity index is 4.14. The van der Waals surface area contributed by atoms with E-state index in [1.807, 2.05) is 0 Å². The molecule has 0 aromatic rings. The van der Waals surface area contributed by atoms with Gasteiger partial charge in [-0.05, 0) is 38.5 Å². The molecule has 3 atom stereocenters. The highest BCUT2D eigenvalue weighted by molar-refractivity contribution is 7.47. The number of nitrogens with one attached hydrogen (secondary N) is 1. The second kappa shape index (κ2) is 38.7. The Morgan fingerprint density at radius 1 is 0.647 bits per heavy atom. The molecule has 0 saturated carbocycles. The van der Waals surface area contributed by atoms with Crippen LogP contribution in [0.2, 0.25) is 0 Å². The number of allylic oxidation sites excluding steroid dienone is 4. The van der Waals surface area contributed by atoms with Crippen molar-refractivity contribution in [1.29, 1.82) is 0 Å². The van der Waals surface area contributed by atoms with Crippen LogP contribution in [0.1, 0.15) is 206 Å². The number of nitrogens with two attached hydrogens (primary N) is 1. The van der Waals surface area contributed by atoms with Crippen molar-refractivity contribution < 1.29 is 28.4 Å². The van der Waals surface area contributed by atoms with E-state index in [2.05, 4.69) is 43.5 Å². The molecule has 0 rings (SSSR count). The van der Waals surface area contributed by atoms with Gasteiger partial charge in [-0.2, -0.15) is 0 Å². The monoisotopic (exact) mass is 743 g/mol. The molecule has 9 heteroatoms. The van der Waals surface area contributed by atoms with Gasteiger partial charge in [0.2, 0.25) is 5.91 Å². The highest BCUT2D eigenvalue weighted by Crippen LogP contribution is 2.43. The van der Waals surface area contributed by atoms with E-state index < -0.39 is 20.0 Å². The molecule has 5 N–H and O–H groups in total. The molecule has 0 aliphatic carbocycles. The Hall–Kier alpha value is -1.02. The summed E-state index contributed by atoms with van der Waals surface area (Å²) in [6, 6.07) is -0.779. The lowest BCUT2D eigenvalue weighted by atomic mass is 10.0. The van der Waals surface area contributed by atoms with Crippen molar-refractivity contribution in [3.8, 4) is 0 Å². The van der Waals surface area contributed by atoms with Crippen LogP contribution in [0.4, 0.5) is 0 Å².